The molecule has 0 saturated carbocycles. The quantitative estimate of drug-likeness (QED) is 0.178. The van der Waals surface area contributed by atoms with E-state index in [1.165, 1.54) is 0 Å². The van der Waals surface area contributed by atoms with Gasteiger partial charge in [-0.25, -0.2) is 0 Å². The Morgan fingerprint density at radius 1 is 0.319 bits per heavy atom. The Balaban J connectivity index is 1.40. The summed E-state index contributed by atoms with van der Waals surface area (Å²) in [5.41, 5.74) is -5.73. The van der Waals surface area contributed by atoms with Crippen molar-refractivity contribution in [1.82, 2.24) is 0 Å². The molecule has 0 saturated heterocycles. The molecule has 0 aliphatic carbocycles. The number of hydrogen-bond acceptors (Lipinski definition) is 1. The topological polar surface area (TPSA) is 13.1 Å². The van der Waals surface area contributed by atoms with Gasteiger partial charge in [0.25, 0.3) is 0 Å². The van der Waals surface area contributed by atoms with E-state index in [4.69, 9.17) is 27.7 Å². The van der Waals surface area contributed by atoms with Crippen LogP contribution >= 0.6 is 0 Å². The van der Waals surface area contributed by atoms with Crippen molar-refractivity contribution in [2.24, 2.45) is 0 Å². The van der Waals surface area contributed by atoms with Gasteiger partial charge >= 0.3 is 0 Å². The maximum Gasteiger partial charge on any atom is 0.143 e. The van der Waals surface area contributed by atoms with Crippen molar-refractivity contribution >= 4 is 65.0 Å². The van der Waals surface area contributed by atoms with E-state index in [1.54, 1.807) is 0 Å². The molecular formula is C46H28O. The second kappa shape index (κ2) is 10.2. The van der Waals surface area contributed by atoms with Crippen LogP contribution in [0.3, 0.4) is 0 Å². The molecule has 1 nitrogen and oxygen atoms in total. The number of fused-ring (bicyclic) bond motifs is 8. The molecule has 0 aliphatic heterocycles. The summed E-state index contributed by atoms with van der Waals surface area (Å²) in [4.78, 5) is 0. The fourth-order valence-corrected chi connectivity index (χ4v) is 5.63. The van der Waals surface area contributed by atoms with Crippen molar-refractivity contribution in [3.8, 4) is 33.4 Å². The third-order valence-corrected chi connectivity index (χ3v) is 7.69. The third kappa shape index (κ3) is 4.03. The number of furan rings is 1. The van der Waals surface area contributed by atoms with Gasteiger partial charge in [-0.15, -0.1) is 0 Å². The van der Waals surface area contributed by atoms with Crippen molar-refractivity contribution in [1.29, 1.82) is 0 Å². The molecule has 218 valence electrons. The van der Waals surface area contributed by atoms with Gasteiger partial charge in [0.15, 0.2) is 0 Å². The molecule has 0 amide bonds. The first-order valence-electron chi connectivity index (χ1n) is 27.9. The van der Waals surface area contributed by atoms with Crippen LogP contribution in [0.15, 0.2) is 174 Å². The van der Waals surface area contributed by atoms with Crippen LogP contribution in [0.1, 0.15) is 38.4 Å². The minimum atomic E-state index is -1.10. The summed E-state index contributed by atoms with van der Waals surface area (Å²) < 4.78 is 257. The summed E-state index contributed by atoms with van der Waals surface area (Å²) in [5.74, 6) is 0. The number of benzene rings is 9. The molecule has 9 aromatic carbocycles. The van der Waals surface area contributed by atoms with Crippen LogP contribution in [-0.4, -0.2) is 0 Å². The zero-order chi connectivity index (χ0) is 55.3. The average molecular weight is 625 g/mol. The second-order valence-electron chi connectivity index (χ2n) is 10.3. The fraction of sp³-hybridized carbons (Fsp3) is 0. The lowest BCUT2D eigenvalue weighted by atomic mass is 9.85. The van der Waals surface area contributed by atoms with Gasteiger partial charge < -0.3 is 4.42 Å². The average Bonchev–Trinajstić information content (AvgIpc) is 3.89. The lowest BCUT2D eigenvalue weighted by Crippen LogP contribution is -1.91. The minimum absolute atomic E-state index is 0.387. The van der Waals surface area contributed by atoms with Crippen LogP contribution in [0.25, 0.3) is 98.4 Å². The maximum absolute atomic E-state index is 9.58. The highest BCUT2D eigenvalue weighted by atomic mass is 16.3. The normalized spacial score (nSPS) is 20.2. The van der Waals surface area contributed by atoms with Gasteiger partial charge in [-0.3, -0.25) is 0 Å². The molecule has 1 heterocycles. The Bertz CT molecular complexity index is 4330. The van der Waals surface area contributed by atoms with E-state index >= 15 is 0 Å². The monoisotopic (exact) mass is 624 g/mol. The predicted molar refractivity (Wildman–Crippen MR) is 200 cm³/mol. The Morgan fingerprint density at radius 3 is 1.53 bits per heavy atom. The molecule has 0 radical (unpaired) electrons. The maximum atomic E-state index is 9.58. The number of rotatable bonds is 3. The predicted octanol–water partition coefficient (Wildman–Crippen LogP) is 13.2. The largest absolute Gasteiger partial charge is 0.455 e. The van der Waals surface area contributed by atoms with Gasteiger partial charge in [-0.05, 0) is 95.3 Å². The Morgan fingerprint density at radius 2 is 0.830 bits per heavy atom. The van der Waals surface area contributed by atoms with Gasteiger partial charge in [0.2, 0.25) is 0 Å². The standard InChI is InChI=1S/C46H28O/c1-2-11-33-27-35(22-19-29(33)9-1)45-39-15-7-5-13-37(39)44(38-14-6-8-16-40(38)45)32-20-17-30(18-21-32)34-24-26-43-42(28-34)41-25-23-31-10-3-4-12-36(31)46(41)47-43/h1-28H/i1D,2D,3D,4D,5D,6D,7D,8D,9D,10D,11D,12D,13D,14D,15D,16D,17D,18D,19D,20D,21D,22D,23D,24D,25D,26D,27D,28D. The Hall–Kier alpha value is -6.18. The van der Waals surface area contributed by atoms with E-state index in [0.29, 0.717) is 0 Å². The third-order valence-electron chi connectivity index (χ3n) is 7.69. The van der Waals surface area contributed by atoms with Gasteiger partial charge in [0.1, 0.15) is 11.2 Å². The lowest BCUT2D eigenvalue weighted by Gasteiger charge is -2.18. The summed E-state index contributed by atoms with van der Waals surface area (Å²) in [6, 6.07) is -25.3. The van der Waals surface area contributed by atoms with Crippen LogP contribution in [0.2, 0.25) is 0 Å². The van der Waals surface area contributed by atoms with Crippen LogP contribution in [0, 0.1) is 0 Å². The van der Waals surface area contributed by atoms with Crippen LogP contribution in [0.4, 0.5) is 0 Å². The first-order valence-corrected chi connectivity index (χ1v) is 13.9. The molecule has 1 heteroatoms. The Kier molecular flexibility index (Phi) is 2.31. The lowest BCUT2D eigenvalue weighted by molar-refractivity contribution is 0.672. The molecule has 0 unspecified atom stereocenters. The molecule has 10 rings (SSSR count). The van der Waals surface area contributed by atoms with E-state index in [-0.39, 0.29) is 5.39 Å². The second-order valence-corrected chi connectivity index (χ2v) is 10.3. The first-order chi connectivity index (χ1) is 35.0. The van der Waals surface area contributed by atoms with Crippen molar-refractivity contribution in [2.45, 2.75) is 0 Å². The van der Waals surface area contributed by atoms with E-state index in [9.17, 15) is 15.1 Å². The van der Waals surface area contributed by atoms with Crippen molar-refractivity contribution in [2.75, 3.05) is 0 Å². The Labute approximate surface area is 311 Å². The van der Waals surface area contributed by atoms with E-state index < -0.39 is 262 Å². The summed E-state index contributed by atoms with van der Waals surface area (Å²) in [6.07, 6.45) is 0. The summed E-state index contributed by atoms with van der Waals surface area (Å²) in [7, 11) is 0. The fourth-order valence-electron chi connectivity index (χ4n) is 5.63. The van der Waals surface area contributed by atoms with Crippen LogP contribution < -0.4 is 0 Å². The highest BCUT2D eigenvalue weighted by Crippen LogP contribution is 2.44. The van der Waals surface area contributed by atoms with Gasteiger partial charge in [-0.1, -0.05) is 145 Å². The summed E-state index contributed by atoms with van der Waals surface area (Å²) in [5, 5.41) is -5.86. The molecule has 0 spiro atoms. The molecule has 0 atom stereocenters. The zero-order valence-corrected chi connectivity index (χ0v) is 23.4. The van der Waals surface area contributed by atoms with E-state index in [1.807, 2.05) is 0 Å². The van der Waals surface area contributed by atoms with Crippen LogP contribution in [-0.2, 0) is 0 Å². The first kappa shape index (κ1) is 10.7. The van der Waals surface area contributed by atoms with Crippen LogP contribution in [0.5, 0.6) is 0 Å². The van der Waals surface area contributed by atoms with E-state index in [2.05, 4.69) is 0 Å². The smallest absolute Gasteiger partial charge is 0.143 e. The van der Waals surface area contributed by atoms with Crippen molar-refractivity contribution in [3.63, 3.8) is 0 Å². The summed E-state index contributed by atoms with van der Waals surface area (Å²) >= 11 is 0. The molecule has 0 bridgehead atoms. The molecule has 10 aromatic rings. The molecule has 0 aliphatic rings. The van der Waals surface area contributed by atoms with Gasteiger partial charge in [0.05, 0.1) is 38.4 Å². The van der Waals surface area contributed by atoms with Crippen molar-refractivity contribution in [3.05, 3.63) is 169 Å². The van der Waals surface area contributed by atoms with Gasteiger partial charge in [-0.2, -0.15) is 0 Å². The van der Waals surface area contributed by atoms with Crippen molar-refractivity contribution < 1.29 is 42.8 Å². The molecule has 0 fully saturated rings. The SMILES string of the molecule is [2H]c1c([2H])c(-c2c3c([2H])c([2H])c([2H])c([2H])c3c(-c3c([2H])c([2H])c4c([2H])c([2H])c([2H])c([2H])c4c3[2H])c3c([2H])c([2H])c([2H])c([2H])c23)c([2H])c([2H])c1-c1c([2H])c([2H])c2oc3c4c([2H])c([2H])c([2H])c([2H])c4c([2H])c([2H])c3c2c1[2H]. The molecule has 47 heavy (non-hydrogen) atoms. The molecule has 1 aromatic heterocycles. The van der Waals surface area contributed by atoms with Gasteiger partial charge in [0, 0.05) is 16.2 Å². The molecule has 0 N–H and O–H groups in total. The minimum Gasteiger partial charge on any atom is -0.455 e. The number of hydrogen-bond donors (Lipinski definition) is 0. The zero-order valence-electron chi connectivity index (χ0n) is 51.4. The summed E-state index contributed by atoms with van der Waals surface area (Å²) in [6.45, 7) is 0. The molecular weight excluding hydrogens is 569 g/mol. The highest BCUT2D eigenvalue weighted by Gasteiger charge is 2.17. The highest BCUT2D eigenvalue weighted by molar-refractivity contribution is 6.22. The van der Waals surface area contributed by atoms with E-state index in [0.717, 1.165) is 0 Å².